The summed E-state index contributed by atoms with van der Waals surface area (Å²) in [6.45, 7) is 24.9. The number of rotatable bonds is 16. The van der Waals surface area contributed by atoms with Gasteiger partial charge in [-0.15, -0.1) is 0 Å². The van der Waals surface area contributed by atoms with Gasteiger partial charge >= 0.3 is 6.09 Å². The lowest BCUT2D eigenvalue weighted by molar-refractivity contribution is 0.00561. The molecule has 6 heterocycles. The Kier molecular flexibility index (Phi) is 18.0. The third-order valence-electron chi connectivity index (χ3n) is 14.9. The number of piperidine rings is 2. The SMILES string of the molecule is CCOc1ccc2c(C)cc(=O)n(CCN3CCC(N(Cc4ccc5c(c4)OCCO5)C(=O)OC(C)(C)C)CC3)c2c1.CCOc1ccc2c(C)cc(=O)n(CCN3CCC(NCc4ccc5c(c4)OCCO5)CC3)c2c1. The Bertz CT molecular complexity index is 3110. The van der Waals surface area contributed by atoms with E-state index in [2.05, 4.69) is 33.3 Å². The Morgan fingerprint density at radius 3 is 1.56 bits per heavy atom. The number of ether oxygens (including phenoxy) is 7. The van der Waals surface area contributed by atoms with Crippen molar-refractivity contribution >= 4 is 27.9 Å². The predicted molar refractivity (Wildman–Crippen MR) is 301 cm³/mol. The van der Waals surface area contributed by atoms with Crippen molar-refractivity contribution in [3.63, 3.8) is 0 Å². The number of aryl methyl sites for hydroxylation is 2. The topological polar surface area (TPSA) is 147 Å². The molecule has 0 atom stereocenters. The van der Waals surface area contributed by atoms with Gasteiger partial charge in [0.1, 0.15) is 43.5 Å². The summed E-state index contributed by atoms with van der Waals surface area (Å²) >= 11 is 0. The van der Waals surface area contributed by atoms with Crippen LogP contribution >= 0.6 is 0 Å². The monoisotopic (exact) mass is 1050 g/mol. The number of hydrogen-bond donors (Lipinski definition) is 1. The van der Waals surface area contributed by atoms with Gasteiger partial charge in [0.25, 0.3) is 11.1 Å². The maximum atomic E-state index is 13.4. The van der Waals surface area contributed by atoms with Crippen molar-refractivity contribution in [1.29, 1.82) is 0 Å². The highest BCUT2D eigenvalue weighted by molar-refractivity contribution is 5.84. The fourth-order valence-corrected chi connectivity index (χ4v) is 10.8. The molecule has 1 amide bonds. The smallest absolute Gasteiger partial charge is 0.410 e. The quantitative estimate of drug-likeness (QED) is 0.0984. The summed E-state index contributed by atoms with van der Waals surface area (Å²) in [6.07, 6.45) is 3.54. The fraction of sp³-hybridized carbons (Fsp3) is 0.492. The highest BCUT2D eigenvalue weighted by Gasteiger charge is 2.32. The van der Waals surface area contributed by atoms with Crippen LogP contribution in [0.1, 0.15) is 82.6 Å². The van der Waals surface area contributed by atoms with Crippen molar-refractivity contribution in [3.8, 4) is 34.5 Å². The third kappa shape index (κ3) is 14.1. The molecule has 1 N–H and O–H groups in total. The molecule has 0 unspecified atom stereocenters. The highest BCUT2D eigenvalue weighted by atomic mass is 16.6. The van der Waals surface area contributed by atoms with Gasteiger partial charge in [0.2, 0.25) is 0 Å². The van der Waals surface area contributed by atoms with E-state index >= 15 is 0 Å². The molecule has 16 heteroatoms. The van der Waals surface area contributed by atoms with Crippen LogP contribution in [0.2, 0.25) is 0 Å². The maximum absolute atomic E-state index is 13.4. The molecule has 0 radical (unpaired) electrons. The Balaban J connectivity index is 0.000000191. The second-order valence-corrected chi connectivity index (χ2v) is 21.5. The maximum Gasteiger partial charge on any atom is 0.410 e. The molecule has 0 spiro atoms. The number of amides is 1. The average molecular weight is 1060 g/mol. The van der Waals surface area contributed by atoms with E-state index in [1.54, 1.807) is 12.1 Å². The number of fused-ring (bicyclic) bond motifs is 4. The molecule has 4 aliphatic heterocycles. The van der Waals surface area contributed by atoms with E-state index < -0.39 is 5.60 Å². The predicted octanol–water partition coefficient (Wildman–Crippen LogP) is 9.12. The largest absolute Gasteiger partial charge is 0.494 e. The molecule has 0 saturated carbocycles. The summed E-state index contributed by atoms with van der Waals surface area (Å²) in [7, 11) is 0. The van der Waals surface area contributed by atoms with Crippen LogP contribution in [0.5, 0.6) is 34.5 Å². The van der Waals surface area contributed by atoms with Crippen molar-refractivity contribution in [3.05, 3.63) is 128 Å². The first-order valence-electron chi connectivity index (χ1n) is 27.7. The number of hydrogen-bond acceptors (Lipinski definition) is 13. The zero-order chi connectivity index (χ0) is 54.1. The number of carbonyl (C=O) groups is 1. The average Bonchev–Trinajstić information content (AvgIpc) is 3.42. The Morgan fingerprint density at radius 2 is 1.06 bits per heavy atom. The van der Waals surface area contributed by atoms with Crippen molar-refractivity contribution in [2.75, 3.05) is 78.9 Å². The van der Waals surface area contributed by atoms with Gasteiger partial charge in [0.15, 0.2) is 23.0 Å². The first-order valence-corrected chi connectivity index (χ1v) is 27.7. The van der Waals surface area contributed by atoms with Gasteiger partial charge in [-0.25, -0.2) is 4.79 Å². The number of likely N-dealkylation sites (tertiary alicyclic amines) is 2. The summed E-state index contributed by atoms with van der Waals surface area (Å²) in [5.74, 6) is 4.70. The lowest BCUT2D eigenvalue weighted by Gasteiger charge is -2.39. The number of nitrogens with zero attached hydrogens (tertiary/aromatic N) is 5. The van der Waals surface area contributed by atoms with Gasteiger partial charge in [0.05, 0.1) is 24.2 Å². The van der Waals surface area contributed by atoms with E-state index in [-0.39, 0.29) is 23.3 Å². The molecule has 2 aromatic heterocycles. The number of pyridine rings is 2. The minimum Gasteiger partial charge on any atom is -0.494 e. The zero-order valence-corrected chi connectivity index (χ0v) is 46.2. The van der Waals surface area contributed by atoms with Crippen LogP contribution in [-0.4, -0.2) is 127 Å². The van der Waals surface area contributed by atoms with Gasteiger partial charge in [-0.1, -0.05) is 12.1 Å². The summed E-state index contributed by atoms with van der Waals surface area (Å²) in [5.41, 5.74) is 5.49. The molecule has 2 saturated heterocycles. The minimum absolute atomic E-state index is 0.000866. The van der Waals surface area contributed by atoms with Crippen LogP contribution in [0, 0.1) is 13.8 Å². The fourth-order valence-electron chi connectivity index (χ4n) is 10.8. The molecule has 0 aliphatic carbocycles. The summed E-state index contributed by atoms with van der Waals surface area (Å²) in [5, 5.41) is 5.87. The van der Waals surface area contributed by atoms with Crippen molar-refractivity contribution < 1.29 is 38.0 Å². The van der Waals surface area contributed by atoms with Crippen LogP contribution in [-0.2, 0) is 30.9 Å². The van der Waals surface area contributed by atoms with Crippen LogP contribution in [0.25, 0.3) is 21.8 Å². The standard InChI is InChI=1S/C33H43N3O6.C28H35N3O4/c1-6-39-26-8-9-27-23(2)19-31(37)35(28(27)21-26)16-15-34-13-11-25(12-14-34)36(32(38)42-33(3,4)5)22-24-7-10-29-30(20-24)41-18-17-40-29;1-3-33-23-5-6-24-20(2)16-28(32)31(25(24)18-23)13-12-30-10-8-22(9-11-30)29-19-21-4-7-26-27(17-21)35-15-14-34-26/h7-10,19-21,25H,6,11-18,22H2,1-5H3;4-7,16-18,22,29H,3,8-15,19H2,1-2H3. The Hall–Kier alpha value is -6.75. The molecular formula is C61H78N6O10. The lowest BCUT2D eigenvalue weighted by atomic mass is 10.0. The van der Waals surface area contributed by atoms with Crippen molar-refractivity contribution in [2.45, 2.75) is 118 Å². The molecule has 16 nitrogen and oxygen atoms in total. The summed E-state index contributed by atoms with van der Waals surface area (Å²) < 4.78 is 43.7. The van der Waals surface area contributed by atoms with Crippen LogP contribution in [0.15, 0.2) is 94.5 Å². The molecule has 4 aliphatic rings. The highest BCUT2D eigenvalue weighted by Crippen LogP contribution is 2.34. The van der Waals surface area contributed by atoms with E-state index in [1.165, 1.54) is 5.56 Å². The summed E-state index contributed by atoms with van der Waals surface area (Å²) in [6, 6.07) is 28.0. The van der Waals surface area contributed by atoms with Gasteiger partial charge in [-0.3, -0.25) is 9.59 Å². The Labute approximate surface area is 452 Å². The normalized spacial score (nSPS) is 16.2. The molecule has 2 fully saturated rings. The first-order chi connectivity index (χ1) is 37.2. The molecule has 0 bridgehead atoms. The Morgan fingerprint density at radius 1 is 0.597 bits per heavy atom. The molecule has 412 valence electrons. The van der Waals surface area contributed by atoms with E-state index in [0.717, 1.165) is 139 Å². The molecule has 4 aromatic carbocycles. The van der Waals surface area contributed by atoms with Crippen molar-refractivity contribution in [2.24, 2.45) is 0 Å². The summed E-state index contributed by atoms with van der Waals surface area (Å²) in [4.78, 5) is 45.9. The number of nitrogens with one attached hydrogen (secondary N) is 1. The molecule has 77 heavy (non-hydrogen) atoms. The molecular weight excluding hydrogens is 977 g/mol. The zero-order valence-electron chi connectivity index (χ0n) is 46.2. The van der Waals surface area contributed by atoms with E-state index in [9.17, 15) is 14.4 Å². The molecule has 10 rings (SSSR count). The molecule has 6 aromatic rings. The lowest BCUT2D eigenvalue weighted by Crippen LogP contribution is -2.49. The minimum atomic E-state index is -0.588. The van der Waals surface area contributed by atoms with Crippen LogP contribution in [0.4, 0.5) is 4.79 Å². The number of aromatic nitrogens is 2. The second-order valence-electron chi connectivity index (χ2n) is 21.5. The van der Waals surface area contributed by atoms with E-state index in [1.807, 2.05) is 117 Å². The van der Waals surface area contributed by atoms with Gasteiger partial charge in [0, 0.05) is 99.5 Å². The van der Waals surface area contributed by atoms with Crippen LogP contribution in [0.3, 0.4) is 0 Å². The van der Waals surface area contributed by atoms with E-state index in [0.29, 0.717) is 71.1 Å². The first kappa shape index (κ1) is 55.0. The van der Waals surface area contributed by atoms with Gasteiger partial charge < -0.3 is 62.3 Å². The van der Waals surface area contributed by atoms with Crippen LogP contribution < -0.4 is 44.9 Å². The third-order valence-corrected chi connectivity index (χ3v) is 14.9. The van der Waals surface area contributed by atoms with Gasteiger partial charge in [-0.05, 0) is 158 Å². The van der Waals surface area contributed by atoms with Gasteiger partial charge in [-0.2, -0.15) is 0 Å². The number of benzene rings is 4. The second kappa shape index (κ2) is 25.2. The number of carbonyl (C=O) groups excluding carboxylic acids is 1. The van der Waals surface area contributed by atoms with Crippen molar-refractivity contribution in [1.82, 2.24) is 29.2 Å². The van der Waals surface area contributed by atoms with E-state index in [4.69, 9.17) is 33.2 Å².